The van der Waals surface area contributed by atoms with Crippen molar-refractivity contribution < 1.29 is 13.2 Å². The first-order valence-corrected chi connectivity index (χ1v) is 7.97. The van der Waals surface area contributed by atoms with Crippen molar-refractivity contribution in [3.63, 3.8) is 0 Å². The van der Waals surface area contributed by atoms with E-state index in [0.717, 1.165) is 0 Å². The van der Waals surface area contributed by atoms with E-state index in [1.807, 2.05) is 0 Å². The van der Waals surface area contributed by atoms with Crippen molar-refractivity contribution in [3.05, 3.63) is 34.9 Å². The minimum atomic E-state index is -3.43. The summed E-state index contributed by atoms with van der Waals surface area (Å²) in [5.74, 6) is -0.345. The fraction of sp³-hybridized carbons (Fsp3) is 0.417. The predicted octanol–water partition coefficient (Wildman–Crippen LogP) is 1.16. The molecule has 1 aliphatic rings. The molecule has 1 amide bonds. The van der Waals surface area contributed by atoms with Crippen LogP contribution in [0.5, 0.6) is 0 Å². The van der Waals surface area contributed by atoms with Crippen molar-refractivity contribution in [2.45, 2.75) is 13.0 Å². The first kappa shape index (κ1) is 14.3. The van der Waals surface area contributed by atoms with Crippen LogP contribution < -0.4 is 5.32 Å². The van der Waals surface area contributed by atoms with E-state index in [4.69, 9.17) is 11.6 Å². The summed E-state index contributed by atoms with van der Waals surface area (Å²) in [6.45, 7) is 2.17. The second-order valence-corrected chi connectivity index (χ2v) is 6.91. The van der Waals surface area contributed by atoms with Crippen LogP contribution >= 0.6 is 11.6 Å². The molecule has 1 unspecified atom stereocenters. The second kappa shape index (κ2) is 5.48. The Morgan fingerprint density at radius 1 is 1.47 bits per heavy atom. The quantitative estimate of drug-likeness (QED) is 0.911. The molecule has 5 nitrogen and oxygen atoms in total. The number of rotatable bonds is 3. The molecule has 0 aromatic heterocycles. The SMILES string of the molecule is CCS(=O)(=O)N1CCNC(=O)C1c1cccc(Cl)c1. The van der Waals surface area contributed by atoms with Crippen LogP contribution in [0.1, 0.15) is 18.5 Å². The van der Waals surface area contributed by atoms with Gasteiger partial charge >= 0.3 is 0 Å². The van der Waals surface area contributed by atoms with Gasteiger partial charge in [-0.2, -0.15) is 4.31 Å². The van der Waals surface area contributed by atoms with Crippen LogP contribution in [0.4, 0.5) is 0 Å². The lowest BCUT2D eigenvalue weighted by Crippen LogP contribution is -2.52. The molecular formula is C12H15ClN2O3S. The van der Waals surface area contributed by atoms with Gasteiger partial charge in [0.2, 0.25) is 15.9 Å². The van der Waals surface area contributed by atoms with Crippen molar-refractivity contribution >= 4 is 27.5 Å². The normalized spacial score (nSPS) is 21.2. The van der Waals surface area contributed by atoms with Crippen LogP contribution in [0.15, 0.2) is 24.3 Å². The Hall–Kier alpha value is -1.11. The maximum absolute atomic E-state index is 12.1. The third-order valence-corrected chi connectivity index (χ3v) is 5.13. The zero-order valence-electron chi connectivity index (χ0n) is 10.5. The first-order valence-electron chi connectivity index (χ1n) is 5.98. The Labute approximate surface area is 117 Å². The Morgan fingerprint density at radius 2 is 2.21 bits per heavy atom. The molecule has 1 aromatic carbocycles. The van der Waals surface area contributed by atoms with Gasteiger partial charge in [0.15, 0.2) is 0 Å². The summed E-state index contributed by atoms with van der Waals surface area (Å²) in [7, 11) is -3.43. The van der Waals surface area contributed by atoms with E-state index in [-0.39, 0.29) is 18.2 Å². The first-order chi connectivity index (χ1) is 8.95. The molecule has 0 bridgehead atoms. The number of carbonyl (C=O) groups excluding carboxylic acids is 1. The summed E-state index contributed by atoms with van der Waals surface area (Å²) < 4.78 is 25.4. The third-order valence-electron chi connectivity index (χ3n) is 3.05. The van der Waals surface area contributed by atoms with Crippen LogP contribution in [0.25, 0.3) is 0 Å². The molecular weight excluding hydrogens is 288 g/mol. The van der Waals surface area contributed by atoms with E-state index in [1.165, 1.54) is 4.31 Å². The van der Waals surface area contributed by atoms with E-state index in [0.29, 0.717) is 17.1 Å². The highest BCUT2D eigenvalue weighted by Gasteiger charge is 2.37. The molecule has 1 saturated heterocycles. The van der Waals surface area contributed by atoms with Crippen molar-refractivity contribution in [1.82, 2.24) is 9.62 Å². The Bertz CT molecular complexity index is 588. The lowest BCUT2D eigenvalue weighted by molar-refractivity contribution is -0.126. The number of carbonyl (C=O) groups is 1. The van der Waals surface area contributed by atoms with Gasteiger partial charge in [-0.3, -0.25) is 4.79 Å². The zero-order chi connectivity index (χ0) is 14.0. The van der Waals surface area contributed by atoms with Crippen LogP contribution in [0, 0.1) is 0 Å². The lowest BCUT2D eigenvalue weighted by atomic mass is 10.0. The average molecular weight is 303 g/mol. The molecule has 1 N–H and O–H groups in total. The standard InChI is InChI=1S/C12H15ClN2O3S/c1-2-19(17,18)15-7-6-14-12(16)11(15)9-4-3-5-10(13)8-9/h3-5,8,11H,2,6-7H2,1H3,(H,14,16). The van der Waals surface area contributed by atoms with Gasteiger partial charge in [0.25, 0.3) is 0 Å². The zero-order valence-corrected chi connectivity index (χ0v) is 12.0. The molecule has 0 spiro atoms. The monoisotopic (exact) mass is 302 g/mol. The van der Waals surface area contributed by atoms with Gasteiger partial charge in [0.05, 0.1) is 5.75 Å². The van der Waals surface area contributed by atoms with E-state index in [2.05, 4.69) is 5.32 Å². The van der Waals surface area contributed by atoms with Gasteiger partial charge in [-0.05, 0) is 24.6 Å². The van der Waals surface area contributed by atoms with Gasteiger partial charge in [0.1, 0.15) is 6.04 Å². The maximum atomic E-state index is 12.1. The fourth-order valence-corrected chi connectivity index (χ4v) is 3.54. The Morgan fingerprint density at radius 3 is 2.84 bits per heavy atom. The van der Waals surface area contributed by atoms with E-state index in [1.54, 1.807) is 31.2 Å². The van der Waals surface area contributed by atoms with E-state index >= 15 is 0 Å². The molecule has 1 atom stereocenters. The van der Waals surface area contributed by atoms with Crippen LogP contribution in [-0.4, -0.2) is 37.5 Å². The lowest BCUT2D eigenvalue weighted by Gasteiger charge is -2.34. The highest BCUT2D eigenvalue weighted by atomic mass is 35.5. The molecule has 1 fully saturated rings. The molecule has 1 aliphatic heterocycles. The van der Waals surface area contributed by atoms with Gasteiger partial charge in [-0.15, -0.1) is 0 Å². The number of hydrogen-bond donors (Lipinski definition) is 1. The summed E-state index contributed by atoms with van der Waals surface area (Å²) in [5.41, 5.74) is 0.585. The third kappa shape index (κ3) is 2.91. The predicted molar refractivity (Wildman–Crippen MR) is 73.4 cm³/mol. The van der Waals surface area contributed by atoms with Crippen LogP contribution in [0.3, 0.4) is 0 Å². The summed E-state index contributed by atoms with van der Waals surface area (Å²) in [5, 5.41) is 3.16. The van der Waals surface area contributed by atoms with Gasteiger partial charge in [-0.1, -0.05) is 23.7 Å². The second-order valence-electron chi connectivity index (χ2n) is 4.26. The molecule has 1 aromatic rings. The number of nitrogens with zero attached hydrogens (tertiary/aromatic N) is 1. The number of hydrogen-bond acceptors (Lipinski definition) is 3. The van der Waals surface area contributed by atoms with Crippen LogP contribution in [0.2, 0.25) is 5.02 Å². The molecule has 0 radical (unpaired) electrons. The molecule has 19 heavy (non-hydrogen) atoms. The number of nitrogens with one attached hydrogen (secondary N) is 1. The van der Waals surface area contributed by atoms with Gasteiger partial charge < -0.3 is 5.32 Å². The number of halogens is 1. The molecule has 2 rings (SSSR count). The fourth-order valence-electron chi connectivity index (χ4n) is 2.11. The molecule has 1 heterocycles. The van der Waals surface area contributed by atoms with E-state index in [9.17, 15) is 13.2 Å². The minimum Gasteiger partial charge on any atom is -0.353 e. The Kier molecular flexibility index (Phi) is 4.13. The largest absolute Gasteiger partial charge is 0.353 e. The van der Waals surface area contributed by atoms with Crippen molar-refractivity contribution in [1.29, 1.82) is 0 Å². The number of benzene rings is 1. The van der Waals surface area contributed by atoms with Crippen LogP contribution in [-0.2, 0) is 14.8 Å². The number of amides is 1. The Balaban J connectivity index is 2.45. The summed E-state index contributed by atoms with van der Waals surface area (Å²) in [4.78, 5) is 12.0. The molecule has 0 aliphatic carbocycles. The van der Waals surface area contributed by atoms with Gasteiger partial charge in [0, 0.05) is 18.1 Å². The van der Waals surface area contributed by atoms with Crippen molar-refractivity contribution in [2.75, 3.05) is 18.8 Å². The number of piperazine rings is 1. The highest BCUT2D eigenvalue weighted by molar-refractivity contribution is 7.89. The van der Waals surface area contributed by atoms with Gasteiger partial charge in [-0.25, -0.2) is 8.42 Å². The van der Waals surface area contributed by atoms with Crippen molar-refractivity contribution in [3.8, 4) is 0 Å². The van der Waals surface area contributed by atoms with E-state index < -0.39 is 16.1 Å². The topological polar surface area (TPSA) is 66.5 Å². The molecule has 0 saturated carbocycles. The average Bonchev–Trinajstić information content (AvgIpc) is 2.38. The summed E-state index contributed by atoms with van der Waals surface area (Å²) in [6.07, 6.45) is 0. The molecule has 7 heteroatoms. The summed E-state index contributed by atoms with van der Waals surface area (Å²) >= 11 is 5.91. The smallest absolute Gasteiger partial charge is 0.243 e. The maximum Gasteiger partial charge on any atom is 0.243 e. The minimum absolute atomic E-state index is 0.0304. The van der Waals surface area contributed by atoms with Crippen molar-refractivity contribution in [2.24, 2.45) is 0 Å². The highest BCUT2D eigenvalue weighted by Crippen LogP contribution is 2.27. The number of sulfonamides is 1. The molecule has 104 valence electrons. The summed E-state index contributed by atoms with van der Waals surface area (Å²) in [6, 6.07) is 5.88.